The second kappa shape index (κ2) is 7.06. The van der Waals surface area contributed by atoms with E-state index in [2.05, 4.69) is 11.2 Å². The predicted molar refractivity (Wildman–Crippen MR) is 121 cm³/mol. The molecule has 2 unspecified atom stereocenters. The zero-order valence-electron chi connectivity index (χ0n) is 19.8. The fourth-order valence-electron chi connectivity index (χ4n) is 10.7. The van der Waals surface area contributed by atoms with Crippen molar-refractivity contribution in [2.24, 2.45) is 46.3 Å². The second-order valence-electron chi connectivity index (χ2n) is 12.6. The molecule has 1 aromatic heterocycles. The molecule has 0 radical (unpaired) electrons. The first-order valence-electron chi connectivity index (χ1n) is 13.3. The Labute approximate surface area is 196 Å². The number of nitriles is 1. The molecule has 1 aliphatic heterocycles. The van der Waals surface area contributed by atoms with Gasteiger partial charge in [0.15, 0.2) is 0 Å². The zero-order chi connectivity index (χ0) is 22.4. The van der Waals surface area contributed by atoms with Crippen LogP contribution in [0.15, 0.2) is 12.4 Å². The van der Waals surface area contributed by atoms with Crippen molar-refractivity contribution in [2.75, 3.05) is 20.3 Å². The first-order chi connectivity index (χ1) is 16.0. The van der Waals surface area contributed by atoms with Gasteiger partial charge >= 0.3 is 0 Å². The topological polar surface area (TPSA) is 80.3 Å². The third kappa shape index (κ3) is 2.62. The summed E-state index contributed by atoms with van der Waals surface area (Å²) in [5.41, 5.74) is 0.716. The van der Waals surface area contributed by atoms with Gasteiger partial charge in [0.25, 0.3) is 0 Å². The fraction of sp³-hybridized carbons (Fsp3) is 0.852. The average Bonchev–Trinajstić information content (AvgIpc) is 3.39. The van der Waals surface area contributed by atoms with Gasteiger partial charge in [-0.15, -0.1) is 0 Å². The number of aliphatic hydroxyl groups is 1. The van der Waals surface area contributed by atoms with Crippen LogP contribution in [0.4, 0.5) is 0 Å². The van der Waals surface area contributed by atoms with Crippen molar-refractivity contribution in [1.82, 2.24) is 9.78 Å². The number of aromatic nitrogens is 2. The zero-order valence-corrected chi connectivity index (χ0v) is 19.8. The standard InChI is InChI=1S/C27H37N3O3/c1-32-15-25(31)8-6-19-18(10-25)2-3-21-20(19)7-9-27-22(21)4-5-23(27)26(16-33-24(26)27)14-30-13-17(11-28)12-29-30/h12-13,18-24,31H,2-10,14-16H2,1H3/t18-,19+,20-,21-,22+,23-,24?,25-,26?,27-/m1/s1. The Hall–Kier alpha value is -1.42. The minimum Gasteiger partial charge on any atom is -0.387 e. The van der Waals surface area contributed by atoms with E-state index in [1.165, 1.54) is 44.9 Å². The van der Waals surface area contributed by atoms with Gasteiger partial charge in [-0.1, -0.05) is 0 Å². The number of hydrogen-bond acceptors (Lipinski definition) is 5. The smallest absolute Gasteiger partial charge is 0.102 e. The van der Waals surface area contributed by atoms with Crippen LogP contribution in [0.1, 0.15) is 63.4 Å². The number of rotatable bonds is 4. The molecule has 5 aliphatic carbocycles. The van der Waals surface area contributed by atoms with Crippen molar-refractivity contribution >= 4 is 0 Å². The van der Waals surface area contributed by atoms with Crippen LogP contribution in [0.5, 0.6) is 0 Å². The highest BCUT2D eigenvalue weighted by molar-refractivity contribution is 5.28. The summed E-state index contributed by atoms with van der Waals surface area (Å²) in [6.45, 7) is 2.27. The van der Waals surface area contributed by atoms with Crippen molar-refractivity contribution < 1.29 is 14.6 Å². The highest BCUT2D eigenvalue weighted by Gasteiger charge is 2.81. The molecule has 1 saturated heterocycles. The minimum absolute atomic E-state index is 0.249. The molecule has 0 bridgehead atoms. The molecule has 0 aromatic carbocycles. The van der Waals surface area contributed by atoms with Crippen LogP contribution in [0.3, 0.4) is 0 Å². The van der Waals surface area contributed by atoms with E-state index in [0.717, 1.165) is 55.6 Å². The average molecular weight is 452 g/mol. The summed E-state index contributed by atoms with van der Waals surface area (Å²) < 4.78 is 13.8. The monoisotopic (exact) mass is 451 g/mol. The highest BCUT2D eigenvalue weighted by atomic mass is 16.5. The molecule has 33 heavy (non-hydrogen) atoms. The molecule has 7 rings (SSSR count). The van der Waals surface area contributed by atoms with Crippen LogP contribution in [0, 0.1) is 57.7 Å². The van der Waals surface area contributed by atoms with E-state index in [0.29, 0.717) is 29.6 Å². The number of hydrogen-bond donors (Lipinski definition) is 1. The predicted octanol–water partition coefficient (Wildman–Crippen LogP) is 3.78. The highest BCUT2D eigenvalue weighted by Crippen LogP contribution is 2.80. The van der Waals surface area contributed by atoms with Crippen LogP contribution in [-0.2, 0) is 16.0 Å². The van der Waals surface area contributed by atoms with E-state index < -0.39 is 5.60 Å². The lowest BCUT2D eigenvalue weighted by Crippen LogP contribution is -2.79. The van der Waals surface area contributed by atoms with Crippen LogP contribution < -0.4 is 0 Å². The molecule has 178 valence electrons. The third-order valence-electron chi connectivity index (χ3n) is 11.5. The Kier molecular flexibility index (Phi) is 4.47. The van der Waals surface area contributed by atoms with Gasteiger partial charge in [0.2, 0.25) is 0 Å². The van der Waals surface area contributed by atoms with Crippen molar-refractivity contribution in [3.63, 3.8) is 0 Å². The van der Waals surface area contributed by atoms with Gasteiger partial charge in [0, 0.05) is 24.1 Å². The molecule has 6 fully saturated rings. The Morgan fingerprint density at radius 2 is 2.06 bits per heavy atom. The summed E-state index contributed by atoms with van der Waals surface area (Å²) in [5, 5.41) is 24.7. The summed E-state index contributed by atoms with van der Waals surface area (Å²) in [4.78, 5) is 0. The van der Waals surface area contributed by atoms with Crippen LogP contribution >= 0.6 is 0 Å². The number of methoxy groups -OCH3 is 1. The molecule has 6 nitrogen and oxygen atoms in total. The van der Waals surface area contributed by atoms with Gasteiger partial charge < -0.3 is 14.6 Å². The molecular formula is C27H37N3O3. The van der Waals surface area contributed by atoms with Crippen molar-refractivity contribution in [1.29, 1.82) is 5.26 Å². The largest absolute Gasteiger partial charge is 0.387 e. The lowest BCUT2D eigenvalue weighted by molar-refractivity contribution is -0.386. The van der Waals surface area contributed by atoms with Crippen LogP contribution in [0.2, 0.25) is 0 Å². The molecule has 6 heteroatoms. The Bertz CT molecular complexity index is 988. The Morgan fingerprint density at radius 3 is 2.82 bits per heavy atom. The summed E-state index contributed by atoms with van der Waals surface area (Å²) in [6.07, 6.45) is 15.1. The van der Waals surface area contributed by atoms with Gasteiger partial charge in [-0.25, -0.2) is 0 Å². The molecule has 10 atom stereocenters. The molecule has 6 aliphatic rings. The third-order valence-corrected chi connectivity index (χ3v) is 11.5. The Morgan fingerprint density at radius 1 is 1.18 bits per heavy atom. The fourth-order valence-corrected chi connectivity index (χ4v) is 10.7. The minimum atomic E-state index is -0.595. The molecule has 5 saturated carbocycles. The quantitative estimate of drug-likeness (QED) is 0.754. The normalized spacial score (nSPS) is 51.6. The van der Waals surface area contributed by atoms with Crippen LogP contribution in [0.25, 0.3) is 0 Å². The SMILES string of the molecule is COC[C@@]1(O)CC[C@H]2[C@H](CC[C@@H]3[C@@H]2CC[C@]24C5OCC5(Cn5cc(C#N)cn5)[C@H]2CC[C@@H]34)C1. The maximum atomic E-state index is 11.0. The lowest BCUT2D eigenvalue weighted by atomic mass is 9.35. The van der Waals surface area contributed by atoms with Gasteiger partial charge in [0.05, 0.1) is 43.2 Å². The van der Waals surface area contributed by atoms with E-state index in [1.54, 1.807) is 13.3 Å². The number of nitrogens with zero attached hydrogens (tertiary/aromatic N) is 3. The second-order valence-corrected chi connectivity index (χ2v) is 12.6. The molecule has 0 amide bonds. The summed E-state index contributed by atoms with van der Waals surface area (Å²) in [6, 6.07) is 2.22. The van der Waals surface area contributed by atoms with Gasteiger partial charge in [-0.2, -0.15) is 10.4 Å². The van der Waals surface area contributed by atoms with E-state index in [-0.39, 0.29) is 5.41 Å². The number of ether oxygens (including phenoxy) is 2. The number of fused-ring (bicyclic) bond motifs is 6. The van der Waals surface area contributed by atoms with E-state index in [9.17, 15) is 10.4 Å². The summed E-state index contributed by atoms with van der Waals surface area (Å²) in [5.74, 6) is 4.78. The van der Waals surface area contributed by atoms with Gasteiger partial charge in [-0.3, -0.25) is 4.68 Å². The maximum absolute atomic E-state index is 11.0. The Balaban J connectivity index is 1.10. The summed E-state index contributed by atoms with van der Waals surface area (Å²) in [7, 11) is 1.72. The molecule has 1 spiro atoms. The first kappa shape index (κ1) is 20.9. The first-order valence-corrected chi connectivity index (χ1v) is 13.3. The van der Waals surface area contributed by atoms with E-state index >= 15 is 0 Å². The summed E-state index contributed by atoms with van der Waals surface area (Å²) >= 11 is 0. The van der Waals surface area contributed by atoms with Crippen LogP contribution in [-0.4, -0.2) is 46.9 Å². The molecule has 1 aromatic rings. The van der Waals surface area contributed by atoms with Crippen molar-refractivity contribution in [3.8, 4) is 6.07 Å². The van der Waals surface area contributed by atoms with Crippen molar-refractivity contribution in [3.05, 3.63) is 18.0 Å². The van der Waals surface area contributed by atoms with Gasteiger partial charge in [0.1, 0.15) is 6.07 Å². The molecular weight excluding hydrogens is 414 g/mol. The maximum Gasteiger partial charge on any atom is 0.102 e. The molecule has 2 heterocycles. The lowest BCUT2D eigenvalue weighted by Gasteiger charge is -2.76. The van der Waals surface area contributed by atoms with E-state index in [1.807, 2.05) is 10.9 Å². The van der Waals surface area contributed by atoms with Crippen molar-refractivity contribution in [2.45, 2.75) is 76.0 Å². The van der Waals surface area contributed by atoms with E-state index in [4.69, 9.17) is 9.47 Å². The molecule has 1 N–H and O–H groups in total. The van der Waals surface area contributed by atoms with Gasteiger partial charge in [-0.05, 0) is 93.3 Å².